The molecular formula is C21H24Cl2NZr. The van der Waals surface area contributed by atoms with Crippen LogP contribution in [-0.2, 0) is 24.7 Å². The summed E-state index contributed by atoms with van der Waals surface area (Å²) in [5.41, 5.74) is 8.06. The molecule has 0 aromatic heterocycles. The van der Waals surface area contributed by atoms with E-state index in [-0.39, 0.29) is 35.6 Å². The normalized spacial score (nSPS) is 17.0. The van der Waals surface area contributed by atoms with Gasteiger partial charge in [0, 0.05) is 0 Å². The molecule has 1 aliphatic carbocycles. The van der Waals surface area contributed by atoms with E-state index in [0.29, 0.717) is 0 Å². The third kappa shape index (κ3) is 4.12. The number of fused-ring (bicyclic) bond motifs is 1. The Bertz CT molecular complexity index is 785. The summed E-state index contributed by atoms with van der Waals surface area (Å²) >= 11 is 1.47. The van der Waals surface area contributed by atoms with Crippen LogP contribution in [0, 0.1) is 10.8 Å². The van der Waals surface area contributed by atoms with E-state index in [9.17, 15) is 0 Å². The van der Waals surface area contributed by atoms with Crippen LogP contribution in [0.4, 0.5) is 0 Å². The van der Waals surface area contributed by atoms with Crippen LogP contribution in [0.15, 0.2) is 61.5 Å². The molecule has 0 fully saturated rings. The van der Waals surface area contributed by atoms with Crippen LogP contribution in [0.5, 0.6) is 0 Å². The summed E-state index contributed by atoms with van der Waals surface area (Å²) in [6.45, 7) is 13.7. The number of hydrogen-bond acceptors (Lipinski definition) is 1. The largest absolute Gasteiger partial charge is 1.00 e. The number of rotatable bonds is 1. The second kappa shape index (κ2) is 7.67. The average Bonchev–Trinajstić information content (AvgIpc) is 2.96. The second-order valence-electron chi connectivity index (χ2n) is 8.39. The van der Waals surface area contributed by atoms with Crippen molar-refractivity contribution in [3.05, 3.63) is 62.1 Å². The van der Waals surface area contributed by atoms with E-state index in [1.807, 2.05) is 0 Å². The van der Waals surface area contributed by atoms with Gasteiger partial charge in [0.1, 0.15) is 0 Å². The van der Waals surface area contributed by atoms with Crippen molar-refractivity contribution < 1.29 is 49.5 Å². The maximum Gasteiger partial charge on any atom is -1.00 e. The van der Waals surface area contributed by atoms with Crippen LogP contribution in [0.3, 0.4) is 0 Å². The Labute approximate surface area is 179 Å². The molecule has 4 heteroatoms. The van der Waals surface area contributed by atoms with Crippen molar-refractivity contribution in [1.82, 2.24) is 0 Å². The summed E-state index contributed by atoms with van der Waals surface area (Å²) in [5, 5.41) is 0. The predicted molar refractivity (Wildman–Crippen MR) is 94.8 cm³/mol. The Kier molecular flexibility index (Phi) is 6.94. The molecule has 1 nitrogen and oxygen atoms in total. The van der Waals surface area contributed by atoms with Gasteiger partial charge in [-0.05, 0) is 0 Å². The molecule has 0 radical (unpaired) electrons. The Hall–Kier alpha value is -0.427. The van der Waals surface area contributed by atoms with Crippen LogP contribution in [-0.4, -0.2) is 5.71 Å². The first-order valence-electron chi connectivity index (χ1n) is 8.19. The van der Waals surface area contributed by atoms with Gasteiger partial charge in [-0.2, -0.15) is 0 Å². The predicted octanol–water partition coefficient (Wildman–Crippen LogP) is -0.307. The zero-order valence-electron chi connectivity index (χ0n) is 15.7. The molecule has 1 heterocycles. The molecule has 0 amide bonds. The smallest absolute Gasteiger partial charge is 1.00 e. The van der Waals surface area contributed by atoms with E-state index in [1.165, 1.54) is 61.7 Å². The van der Waals surface area contributed by atoms with Gasteiger partial charge in [0.15, 0.2) is 0 Å². The van der Waals surface area contributed by atoms with Gasteiger partial charge in [0.05, 0.1) is 0 Å². The van der Waals surface area contributed by atoms with Crippen LogP contribution < -0.4 is 24.8 Å². The summed E-state index contributed by atoms with van der Waals surface area (Å²) in [6.07, 6.45) is 2.32. The average molecular weight is 453 g/mol. The Morgan fingerprint density at radius 2 is 1.36 bits per heavy atom. The van der Waals surface area contributed by atoms with Gasteiger partial charge in [0.25, 0.3) is 0 Å². The van der Waals surface area contributed by atoms with E-state index in [1.54, 1.807) is 0 Å². The minimum atomic E-state index is 0. The summed E-state index contributed by atoms with van der Waals surface area (Å²) < 4.78 is 1.47. The number of benzene rings is 1. The third-order valence-corrected chi connectivity index (χ3v) is 5.63. The van der Waals surface area contributed by atoms with Crippen molar-refractivity contribution >= 4 is 11.3 Å². The number of aliphatic imine (C=N–C) groups is 1. The van der Waals surface area contributed by atoms with Gasteiger partial charge in [-0.25, -0.2) is 0 Å². The minimum absolute atomic E-state index is 0. The standard InChI is InChI=1S/C21H24N.2ClH.Zr/c1-20(2,3)15-12-16-17(13-15)22-19(21(4,5)6)18(16)14-10-8-7-9-11-14;;;/h7-11,13H,1-6H3;2*1H;/q;;;+2/p-2. The summed E-state index contributed by atoms with van der Waals surface area (Å²) in [7, 11) is 0. The first kappa shape index (κ1) is 22.6. The van der Waals surface area contributed by atoms with Gasteiger partial charge < -0.3 is 24.8 Å². The first-order valence-corrected chi connectivity index (χ1v) is 9.41. The molecule has 131 valence electrons. The fourth-order valence-corrected chi connectivity index (χ4v) is 4.92. The maximum absolute atomic E-state index is 5.07. The molecule has 25 heavy (non-hydrogen) atoms. The van der Waals surface area contributed by atoms with Crippen molar-refractivity contribution in [2.75, 3.05) is 0 Å². The van der Waals surface area contributed by atoms with E-state index < -0.39 is 0 Å². The van der Waals surface area contributed by atoms with Crippen molar-refractivity contribution in [1.29, 1.82) is 0 Å². The molecule has 0 N–H and O–H groups in total. The Morgan fingerprint density at radius 1 is 0.800 bits per heavy atom. The second-order valence-corrected chi connectivity index (χ2v) is 9.62. The molecule has 0 saturated heterocycles. The number of nitrogens with zero attached hydrogens (tertiary/aromatic N) is 1. The SMILES string of the molecule is CC(C)(C)C1=NC2=CC(C(C)(C)C)=[C]([Zr+2])C2=C1c1ccccc1.[Cl-].[Cl-]. The van der Waals surface area contributed by atoms with E-state index in [2.05, 4.69) is 78.0 Å². The molecule has 0 atom stereocenters. The van der Waals surface area contributed by atoms with E-state index in [0.717, 1.165) is 0 Å². The van der Waals surface area contributed by atoms with E-state index >= 15 is 0 Å². The van der Waals surface area contributed by atoms with Gasteiger partial charge in [-0.15, -0.1) is 0 Å². The molecule has 2 aliphatic rings. The minimum Gasteiger partial charge on any atom is -1.00 e. The number of halogens is 2. The molecule has 1 aliphatic heterocycles. The molecule has 0 unspecified atom stereocenters. The molecular weight excluding hydrogens is 428 g/mol. The van der Waals surface area contributed by atoms with Gasteiger partial charge in [-0.1, -0.05) is 0 Å². The van der Waals surface area contributed by atoms with Gasteiger partial charge in [-0.3, -0.25) is 0 Å². The van der Waals surface area contributed by atoms with Crippen molar-refractivity contribution in [2.45, 2.75) is 41.5 Å². The maximum atomic E-state index is 5.07. The summed E-state index contributed by atoms with van der Waals surface area (Å²) in [6, 6.07) is 10.8. The summed E-state index contributed by atoms with van der Waals surface area (Å²) in [5.74, 6) is 0. The van der Waals surface area contributed by atoms with Crippen LogP contribution >= 0.6 is 0 Å². The fourth-order valence-electron chi connectivity index (χ4n) is 3.20. The molecule has 0 saturated carbocycles. The monoisotopic (exact) mass is 450 g/mol. The van der Waals surface area contributed by atoms with Crippen molar-refractivity contribution in [3.63, 3.8) is 0 Å². The zero-order valence-corrected chi connectivity index (χ0v) is 19.6. The fraction of sp³-hybridized carbons (Fsp3) is 0.381. The molecule has 1 aromatic rings. The quantitative estimate of drug-likeness (QED) is 0.555. The molecule has 1 aromatic carbocycles. The number of allylic oxidation sites excluding steroid dienone is 4. The van der Waals surface area contributed by atoms with Crippen molar-refractivity contribution in [3.8, 4) is 0 Å². The van der Waals surface area contributed by atoms with Crippen LogP contribution in [0.2, 0.25) is 0 Å². The van der Waals surface area contributed by atoms with Crippen molar-refractivity contribution in [2.24, 2.45) is 15.8 Å². The zero-order chi connectivity index (χ0) is 17.0. The van der Waals surface area contributed by atoms with Gasteiger partial charge in [0.2, 0.25) is 0 Å². The Balaban J connectivity index is 0.00000156. The van der Waals surface area contributed by atoms with Crippen LogP contribution in [0.25, 0.3) is 5.57 Å². The summed E-state index contributed by atoms with van der Waals surface area (Å²) in [4.78, 5) is 5.07. The number of hydrogen-bond donors (Lipinski definition) is 0. The molecule has 0 bridgehead atoms. The molecule has 0 spiro atoms. The van der Waals surface area contributed by atoms with Crippen LogP contribution in [0.1, 0.15) is 47.1 Å². The Morgan fingerprint density at radius 3 is 1.84 bits per heavy atom. The third-order valence-electron chi connectivity index (χ3n) is 4.36. The molecule has 3 rings (SSSR count). The first-order chi connectivity index (χ1) is 10.6. The topological polar surface area (TPSA) is 12.4 Å². The van der Waals surface area contributed by atoms with E-state index in [4.69, 9.17) is 4.99 Å². The van der Waals surface area contributed by atoms with Gasteiger partial charge >= 0.3 is 155 Å².